The molecule has 1 aliphatic carbocycles. The molecule has 33 heavy (non-hydrogen) atoms. The summed E-state index contributed by atoms with van der Waals surface area (Å²) in [4.78, 5) is 41.8. The monoisotopic (exact) mass is 485 g/mol. The lowest BCUT2D eigenvalue weighted by Crippen LogP contribution is -2.38. The predicted octanol–water partition coefficient (Wildman–Crippen LogP) is 5.49. The third-order valence-electron chi connectivity index (χ3n) is 6.26. The van der Waals surface area contributed by atoms with E-state index < -0.39 is 11.8 Å². The number of anilines is 2. The number of hydrogen-bond acceptors (Lipinski definition) is 4. The van der Waals surface area contributed by atoms with Crippen LogP contribution in [0.2, 0.25) is 5.02 Å². The summed E-state index contributed by atoms with van der Waals surface area (Å²) in [6.45, 7) is 1.78. The van der Waals surface area contributed by atoms with Crippen molar-refractivity contribution in [2.75, 3.05) is 17.3 Å². The van der Waals surface area contributed by atoms with E-state index in [2.05, 4.69) is 5.32 Å². The van der Waals surface area contributed by atoms with Crippen LogP contribution in [-0.2, 0) is 9.59 Å². The minimum Gasteiger partial charge on any atom is -0.350 e. The SMILES string of the molecule is Cc1ccc(Cl)cc1N1C(=O)C(Cl)=C(Nc2cccc(C(=O)N(C)C3CCCCC3)c2)C1=O. The van der Waals surface area contributed by atoms with Crippen LogP contribution >= 0.6 is 23.2 Å². The Morgan fingerprint density at radius 1 is 1.03 bits per heavy atom. The summed E-state index contributed by atoms with van der Waals surface area (Å²) in [5.41, 5.74) is 2.06. The maximum atomic E-state index is 13.1. The second-order valence-electron chi connectivity index (χ2n) is 8.48. The highest BCUT2D eigenvalue weighted by atomic mass is 35.5. The molecular formula is C25H25Cl2N3O3. The van der Waals surface area contributed by atoms with E-state index in [-0.39, 0.29) is 22.7 Å². The standard InChI is InChI=1S/C25H25Cl2N3O3/c1-15-11-12-17(26)14-20(15)30-24(32)21(27)22(25(30)33)28-18-8-6-7-16(13-18)23(31)29(2)19-9-4-3-5-10-19/h6-8,11-14,19,28H,3-5,9-10H2,1-2H3. The molecule has 3 amide bonds. The molecule has 4 rings (SSSR count). The summed E-state index contributed by atoms with van der Waals surface area (Å²) in [7, 11) is 1.84. The van der Waals surface area contributed by atoms with Crippen molar-refractivity contribution >= 4 is 52.3 Å². The molecule has 1 heterocycles. The van der Waals surface area contributed by atoms with E-state index >= 15 is 0 Å². The average molecular weight is 486 g/mol. The molecule has 0 spiro atoms. The Morgan fingerprint density at radius 3 is 2.48 bits per heavy atom. The molecule has 2 aliphatic rings. The summed E-state index contributed by atoms with van der Waals surface area (Å²) in [6.07, 6.45) is 5.51. The van der Waals surface area contributed by atoms with Gasteiger partial charge in [0.1, 0.15) is 10.7 Å². The predicted molar refractivity (Wildman–Crippen MR) is 131 cm³/mol. The Balaban J connectivity index is 1.55. The Morgan fingerprint density at radius 2 is 1.76 bits per heavy atom. The van der Waals surface area contributed by atoms with E-state index in [1.807, 2.05) is 7.05 Å². The number of nitrogens with zero attached hydrogens (tertiary/aromatic N) is 2. The van der Waals surface area contributed by atoms with Crippen molar-refractivity contribution in [3.63, 3.8) is 0 Å². The zero-order chi connectivity index (χ0) is 23.7. The highest BCUT2D eigenvalue weighted by Gasteiger charge is 2.39. The minimum atomic E-state index is -0.626. The number of hydrogen-bond donors (Lipinski definition) is 1. The van der Waals surface area contributed by atoms with Crippen molar-refractivity contribution in [1.29, 1.82) is 0 Å². The van der Waals surface area contributed by atoms with E-state index in [4.69, 9.17) is 23.2 Å². The summed E-state index contributed by atoms with van der Waals surface area (Å²) in [5.74, 6) is -1.28. The normalized spacial score (nSPS) is 17.0. The number of imide groups is 1. The van der Waals surface area contributed by atoms with Gasteiger partial charge in [0.2, 0.25) is 0 Å². The van der Waals surface area contributed by atoms with Gasteiger partial charge < -0.3 is 10.2 Å². The number of carbonyl (C=O) groups excluding carboxylic acids is 3. The molecule has 8 heteroatoms. The van der Waals surface area contributed by atoms with Crippen molar-refractivity contribution < 1.29 is 14.4 Å². The molecule has 0 radical (unpaired) electrons. The molecule has 2 aromatic rings. The first-order valence-corrected chi connectivity index (χ1v) is 11.7. The zero-order valence-electron chi connectivity index (χ0n) is 18.5. The topological polar surface area (TPSA) is 69.7 Å². The number of rotatable bonds is 5. The Hall–Kier alpha value is -2.83. The van der Waals surface area contributed by atoms with Crippen molar-refractivity contribution in [3.8, 4) is 0 Å². The first-order chi connectivity index (χ1) is 15.8. The maximum Gasteiger partial charge on any atom is 0.283 e. The molecular weight excluding hydrogens is 461 g/mol. The lowest BCUT2D eigenvalue weighted by Gasteiger charge is -2.31. The van der Waals surface area contributed by atoms with Crippen LogP contribution < -0.4 is 10.2 Å². The van der Waals surface area contributed by atoms with Gasteiger partial charge in [-0.2, -0.15) is 0 Å². The van der Waals surface area contributed by atoms with Gasteiger partial charge >= 0.3 is 0 Å². The Bertz CT molecular complexity index is 1160. The summed E-state index contributed by atoms with van der Waals surface area (Å²) in [6, 6.07) is 12.1. The number of aryl methyl sites for hydroxylation is 1. The number of carbonyl (C=O) groups is 3. The van der Waals surface area contributed by atoms with Gasteiger partial charge in [-0.15, -0.1) is 0 Å². The van der Waals surface area contributed by atoms with Gasteiger partial charge in [-0.25, -0.2) is 4.90 Å². The largest absolute Gasteiger partial charge is 0.350 e. The lowest BCUT2D eigenvalue weighted by atomic mass is 9.94. The van der Waals surface area contributed by atoms with Crippen molar-refractivity contribution in [2.45, 2.75) is 45.1 Å². The van der Waals surface area contributed by atoms with Gasteiger partial charge in [-0.3, -0.25) is 14.4 Å². The van der Waals surface area contributed by atoms with Crippen LogP contribution in [-0.4, -0.2) is 35.7 Å². The third-order valence-corrected chi connectivity index (χ3v) is 6.85. The van der Waals surface area contributed by atoms with Gasteiger partial charge in [0, 0.05) is 29.4 Å². The van der Waals surface area contributed by atoms with E-state index in [1.54, 1.807) is 54.3 Å². The highest BCUT2D eigenvalue weighted by molar-refractivity contribution is 6.53. The molecule has 0 aromatic heterocycles. The number of nitrogens with one attached hydrogen (secondary N) is 1. The second-order valence-corrected chi connectivity index (χ2v) is 9.29. The number of halogens is 2. The molecule has 1 aliphatic heterocycles. The molecule has 6 nitrogen and oxygen atoms in total. The van der Waals surface area contributed by atoms with Gasteiger partial charge in [0.25, 0.3) is 17.7 Å². The van der Waals surface area contributed by atoms with E-state index in [9.17, 15) is 14.4 Å². The van der Waals surface area contributed by atoms with Crippen molar-refractivity contribution in [2.24, 2.45) is 0 Å². The molecule has 172 valence electrons. The smallest absolute Gasteiger partial charge is 0.283 e. The van der Waals surface area contributed by atoms with Gasteiger partial charge in [0.05, 0.1) is 5.69 Å². The molecule has 0 atom stereocenters. The molecule has 0 saturated heterocycles. The Kier molecular flexibility index (Phi) is 6.77. The lowest BCUT2D eigenvalue weighted by molar-refractivity contribution is -0.120. The van der Waals surface area contributed by atoms with E-state index in [0.29, 0.717) is 27.5 Å². The maximum absolute atomic E-state index is 13.1. The van der Waals surface area contributed by atoms with Crippen molar-refractivity contribution in [3.05, 3.63) is 69.3 Å². The van der Waals surface area contributed by atoms with Crippen LogP contribution in [0.1, 0.15) is 48.0 Å². The third kappa shape index (κ3) is 4.63. The quantitative estimate of drug-likeness (QED) is 0.568. The molecule has 1 fully saturated rings. The summed E-state index contributed by atoms with van der Waals surface area (Å²) in [5, 5.41) is 3.14. The number of benzene rings is 2. The fraction of sp³-hybridized carbons (Fsp3) is 0.320. The second kappa shape index (κ2) is 9.57. The average Bonchev–Trinajstić information content (AvgIpc) is 3.03. The van der Waals surface area contributed by atoms with Crippen LogP contribution in [0.25, 0.3) is 0 Å². The first kappa shape index (κ1) is 23.3. The summed E-state index contributed by atoms with van der Waals surface area (Å²) < 4.78 is 0. The van der Waals surface area contributed by atoms with Crippen LogP contribution in [0.5, 0.6) is 0 Å². The van der Waals surface area contributed by atoms with Gasteiger partial charge in [-0.1, -0.05) is 54.6 Å². The fourth-order valence-corrected chi connectivity index (χ4v) is 4.74. The number of amides is 3. The highest BCUT2D eigenvalue weighted by Crippen LogP contribution is 2.33. The van der Waals surface area contributed by atoms with Gasteiger partial charge in [-0.05, 0) is 55.7 Å². The van der Waals surface area contributed by atoms with Crippen LogP contribution in [0.15, 0.2) is 53.2 Å². The molecule has 1 N–H and O–H groups in total. The molecule has 0 bridgehead atoms. The van der Waals surface area contributed by atoms with E-state index in [0.717, 1.165) is 30.6 Å². The van der Waals surface area contributed by atoms with Crippen LogP contribution in [0.4, 0.5) is 11.4 Å². The van der Waals surface area contributed by atoms with Crippen LogP contribution in [0.3, 0.4) is 0 Å². The fourth-order valence-electron chi connectivity index (χ4n) is 4.37. The summed E-state index contributed by atoms with van der Waals surface area (Å²) >= 11 is 12.3. The zero-order valence-corrected chi connectivity index (χ0v) is 20.0. The molecule has 1 saturated carbocycles. The van der Waals surface area contributed by atoms with Gasteiger partial charge in [0.15, 0.2) is 0 Å². The first-order valence-electron chi connectivity index (χ1n) is 11.0. The molecule has 0 unspecified atom stereocenters. The van der Waals surface area contributed by atoms with Crippen LogP contribution in [0, 0.1) is 6.92 Å². The minimum absolute atomic E-state index is 0.0359. The Labute approximate surface area is 203 Å². The van der Waals surface area contributed by atoms with E-state index in [1.165, 1.54) is 6.42 Å². The van der Waals surface area contributed by atoms with Crippen molar-refractivity contribution in [1.82, 2.24) is 4.90 Å². The molecule has 2 aromatic carbocycles.